The number of unbranched alkanes of at least 4 members (excludes halogenated alkanes) is 19. The van der Waals surface area contributed by atoms with Gasteiger partial charge in [0.25, 0.3) is 0 Å². The van der Waals surface area contributed by atoms with Gasteiger partial charge in [-0.05, 0) is 122 Å². The minimum Gasteiger partial charge on any atom is -0.507 e. The molecule has 0 fully saturated rings. The van der Waals surface area contributed by atoms with Crippen LogP contribution in [0, 0.1) is 55.4 Å². The maximum absolute atomic E-state index is 14.1. The molecule has 0 aliphatic heterocycles. The smallest absolute Gasteiger partial charge is 0.169 e. The van der Waals surface area contributed by atoms with Gasteiger partial charge in [-0.2, -0.15) is 0 Å². The fourth-order valence-electron chi connectivity index (χ4n) is 12.0. The molecule has 14 nitrogen and oxygen atoms in total. The van der Waals surface area contributed by atoms with E-state index in [2.05, 4.69) is 91.4 Å². The van der Waals surface area contributed by atoms with E-state index in [4.69, 9.17) is 53.6 Å². The highest BCUT2D eigenvalue weighted by Crippen LogP contribution is 2.35. The highest BCUT2D eigenvalue weighted by Gasteiger charge is 2.24. The first-order valence-corrected chi connectivity index (χ1v) is 35.7. The number of ketones is 1. The lowest BCUT2D eigenvalue weighted by Crippen LogP contribution is -2.26. The summed E-state index contributed by atoms with van der Waals surface area (Å²) in [5.74, 6) is 2.72. The molecule has 2 aromatic heterocycles. The normalized spacial score (nSPS) is 12.6. The van der Waals surface area contributed by atoms with Gasteiger partial charge in [-0.3, -0.25) is 4.79 Å². The number of aromatic hydroxyl groups is 1. The van der Waals surface area contributed by atoms with Gasteiger partial charge < -0.3 is 33.9 Å². The van der Waals surface area contributed by atoms with E-state index in [0.29, 0.717) is 78.4 Å². The standard InChI is InChI=1S/C82H110N6O8/c1-12-14-15-16-17-18-19-22-26-29-32-45-93-55-69(56-96-67(13-2)51-75(90)65(11)77-83-78(70-39-34-57(3)47-61(70)7)85-79(84-77)71-40-35-58(4)48-62(71)8)94-46-33-30-27-24-21-20-23-25-28-31-44-92-53-66(89)54-95-68-38-43-74(76(91)52-68)82-87-80(72-41-36-59(5)49-63(72)9)86-81(88-82)73-42-37-60(6)50-64(73)10/h13,34-43,47-52,65-66,69,89,91H,2,12,14-33,44-46,53-56H2,1,3-11H3/b67-51+. The van der Waals surface area contributed by atoms with Crippen molar-refractivity contribution in [2.45, 2.75) is 222 Å². The molecule has 0 spiro atoms. The summed E-state index contributed by atoms with van der Waals surface area (Å²) in [6.45, 7) is 27.2. The number of aryl methyl sites for hydroxylation is 8. The van der Waals surface area contributed by atoms with Gasteiger partial charge in [-0.15, -0.1) is 0 Å². The first-order valence-electron chi connectivity index (χ1n) is 35.7. The molecule has 96 heavy (non-hydrogen) atoms. The molecule has 0 saturated heterocycles. The van der Waals surface area contributed by atoms with Crippen LogP contribution in [0.4, 0.5) is 0 Å². The zero-order valence-electron chi connectivity index (χ0n) is 59.6. The lowest BCUT2D eigenvalue weighted by Gasteiger charge is -2.19. The number of aliphatic hydroxyl groups is 1. The quantitative estimate of drug-likeness (QED) is 0.0159. The number of rotatable bonds is 45. The Bertz CT molecular complexity index is 3450. The second-order valence-corrected chi connectivity index (χ2v) is 26.5. The average Bonchev–Trinajstić information content (AvgIpc) is 0.796. The summed E-state index contributed by atoms with van der Waals surface area (Å²) in [5, 5.41) is 22.0. The number of aliphatic hydroxyl groups excluding tert-OH is 1. The van der Waals surface area contributed by atoms with Crippen molar-refractivity contribution < 1.29 is 38.7 Å². The molecule has 0 bridgehead atoms. The van der Waals surface area contributed by atoms with E-state index in [1.807, 2.05) is 57.2 Å². The molecule has 2 heterocycles. The van der Waals surface area contributed by atoms with Gasteiger partial charge >= 0.3 is 0 Å². The van der Waals surface area contributed by atoms with Crippen molar-refractivity contribution in [2.75, 3.05) is 46.2 Å². The SMILES string of the molecule is C=C/C(=C\C(=O)C(C)c1nc(-c2ccc(C)cc2C)nc(-c2ccc(C)cc2C)n1)OCC(COCCCCCCCCCCCCC)OCCCCCCCCCCCCOCC(O)COc1ccc(-c2nc(-c3ccc(C)cc3C)nc(-c3ccc(C)cc3C)n2)c(O)c1. The number of allylic oxidation sites excluding steroid dienone is 2. The number of carbonyl (C=O) groups excluding carboxylic acids is 1. The molecule has 0 amide bonds. The van der Waals surface area contributed by atoms with E-state index in [0.717, 1.165) is 118 Å². The van der Waals surface area contributed by atoms with Gasteiger partial charge in [0.2, 0.25) is 0 Å². The molecular weight excluding hydrogens is 1200 g/mol. The van der Waals surface area contributed by atoms with Gasteiger partial charge in [0, 0.05) is 54.2 Å². The second-order valence-electron chi connectivity index (χ2n) is 26.5. The Morgan fingerprint density at radius 1 is 0.458 bits per heavy atom. The highest BCUT2D eigenvalue weighted by molar-refractivity contribution is 5.95. The van der Waals surface area contributed by atoms with Crippen LogP contribution in [-0.2, 0) is 23.7 Å². The largest absolute Gasteiger partial charge is 0.507 e. The fourth-order valence-corrected chi connectivity index (χ4v) is 12.0. The third-order valence-corrected chi connectivity index (χ3v) is 17.7. The molecule has 2 N–H and O–H groups in total. The van der Waals surface area contributed by atoms with Crippen LogP contribution in [0.3, 0.4) is 0 Å². The number of ether oxygens (including phenoxy) is 5. The van der Waals surface area contributed by atoms with Crippen molar-refractivity contribution in [1.29, 1.82) is 0 Å². The highest BCUT2D eigenvalue weighted by atomic mass is 16.6. The van der Waals surface area contributed by atoms with Gasteiger partial charge in [-0.1, -0.05) is 224 Å². The van der Waals surface area contributed by atoms with Crippen LogP contribution in [0.25, 0.3) is 56.9 Å². The van der Waals surface area contributed by atoms with Gasteiger partial charge in [0.15, 0.2) is 34.9 Å². The van der Waals surface area contributed by atoms with Gasteiger partial charge in [-0.25, -0.2) is 29.9 Å². The van der Waals surface area contributed by atoms with Crippen molar-refractivity contribution in [3.05, 3.63) is 166 Å². The van der Waals surface area contributed by atoms with E-state index in [-0.39, 0.29) is 37.5 Å². The molecule has 0 aliphatic rings. The topological polar surface area (TPSA) is 181 Å². The number of hydrogen-bond donors (Lipinski definition) is 2. The maximum atomic E-state index is 14.1. The Morgan fingerprint density at radius 3 is 1.24 bits per heavy atom. The number of phenolic OH excluding ortho intramolecular Hbond substituents is 1. The van der Waals surface area contributed by atoms with Crippen LogP contribution < -0.4 is 4.74 Å². The molecule has 3 unspecified atom stereocenters. The zero-order chi connectivity index (χ0) is 68.6. The number of nitrogens with zero attached hydrogens (tertiary/aromatic N) is 6. The molecule has 0 saturated carbocycles. The van der Waals surface area contributed by atoms with Crippen molar-refractivity contribution in [3.63, 3.8) is 0 Å². The lowest BCUT2D eigenvalue weighted by atomic mass is 10.0. The Labute approximate surface area is 574 Å². The summed E-state index contributed by atoms with van der Waals surface area (Å²) in [7, 11) is 0. The van der Waals surface area contributed by atoms with E-state index in [9.17, 15) is 15.0 Å². The van der Waals surface area contributed by atoms with Crippen molar-refractivity contribution in [2.24, 2.45) is 0 Å². The lowest BCUT2D eigenvalue weighted by molar-refractivity contribution is -0.116. The zero-order valence-corrected chi connectivity index (χ0v) is 59.6. The minimum atomic E-state index is -0.823. The number of benzene rings is 5. The Hall–Kier alpha value is -7.49. The van der Waals surface area contributed by atoms with Gasteiger partial charge in [0.1, 0.15) is 48.5 Å². The molecule has 7 aromatic rings. The van der Waals surface area contributed by atoms with Crippen molar-refractivity contribution in [3.8, 4) is 68.4 Å². The number of hydrogen-bond acceptors (Lipinski definition) is 14. The summed E-state index contributed by atoms with van der Waals surface area (Å²) in [4.78, 5) is 43.5. The predicted octanol–water partition coefficient (Wildman–Crippen LogP) is 19.4. The Morgan fingerprint density at radius 2 is 0.833 bits per heavy atom. The first kappa shape index (κ1) is 75.9. The second kappa shape index (κ2) is 40.9. The van der Waals surface area contributed by atoms with Crippen LogP contribution >= 0.6 is 0 Å². The minimum absolute atomic E-state index is 0.0214. The van der Waals surface area contributed by atoms with Crippen LogP contribution in [0.15, 0.2) is 115 Å². The molecule has 14 heteroatoms. The summed E-state index contributed by atoms with van der Waals surface area (Å²) >= 11 is 0. The average molecular weight is 1310 g/mol. The van der Waals surface area contributed by atoms with Crippen LogP contribution in [0.5, 0.6) is 11.5 Å². The van der Waals surface area contributed by atoms with E-state index in [1.54, 1.807) is 18.2 Å². The number of aromatic nitrogens is 6. The Balaban J connectivity index is 0.796. The van der Waals surface area contributed by atoms with E-state index >= 15 is 0 Å². The molecule has 7 rings (SSSR count). The predicted molar refractivity (Wildman–Crippen MR) is 390 cm³/mol. The Kier molecular flexibility index (Phi) is 32.3. The molecule has 5 aromatic carbocycles. The molecular formula is C82H110N6O8. The van der Waals surface area contributed by atoms with Crippen LogP contribution in [0.1, 0.15) is 205 Å². The fraction of sp³-hybridized carbons (Fsp3) is 0.500. The van der Waals surface area contributed by atoms with Crippen LogP contribution in [-0.4, -0.2) is 104 Å². The number of carbonyl (C=O) groups is 1. The molecule has 0 aliphatic carbocycles. The summed E-state index contributed by atoms with van der Waals surface area (Å²) < 4.78 is 30.7. The summed E-state index contributed by atoms with van der Waals surface area (Å²) in [6.07, 6.45) is 27.2. The van der Waals surface area contributed by atoms with E-state index in [1.165, 1.54) is 95.6 Å². The third-order valence-electron chi connectivity index (χ3n) is 17.7. The monoisotopic (exact) mass is 1310 g/mol. The van der Waals surface area contributed by atoms with Gasteiger partial charge in [0.05, 0.1) is 24.7 Å². The third kappa shape index (κ3) is 25.2. The maximum Gasteiger partial charge on any atom is 0.169 e. The summed E-state index contributed by atoms with van der Waals surface area (Å²) in [6, 6.07) is 29.8. The van der Waals surface area contributed by atoms with Crippen molar-refractivity contribution in [1.82, 2.24) is 29.9 Å². The van der Waals surface area contributed by atoms with Crippen LogP contribution in [0.2, 0.25) is 0 Å². The van der Waals surface area contributed by atoms with E-state index < -0.39 is 12.0 Å². The number of phenols is 1. The molecule has 3 atom stereocenters. The summed E-state index contributed by atoms with van der Waals surface area (Å²) in [5.41, 5.74) is 12.8. The van der Waals surface area contributed by atoms with Crippen molar-refractivity contribution >= 4 is 5.78 Å². The first-order chi connectivity index (χ1) is 46.5. The molecule has 516 valence electrons. The molecule has 0 radical (unpaired) electrons.